The van der Waals surface area contributed by atoms with E-state index < -0.39 is 0 Å². The third kappa shape index (κ3) is 1.70. The molecule has 0 saturated heterocycles. The summed E-state index contributed by atoms with van der Waals surface area (Å²) in [5.41, 5.74) is 0.903. The number of nitriles is 1. The van der Waals surface area contributed by atoms with Crippen LogP contribution in [0.3, 0.4) is 0 Å². The van der Waals surface area contributed by atoms with Gasteiger partial charge in [0, 0.05) is 12.5 Å². The molecule has 0 unspecified atom stereocenters. The molecule has 1 aliphatic carbocycles. The third-order valence-corrected chi connectivity index (χ3v) is 3.40. The quantitative estimate of drug-likeness (QED) is 0.783. The molecule has 1 saturated carbocycles. The van der Waals surface area contributed by atoms with Crippen molar-refractivity contribution in [2.24, 2.45) is 0 Å². The molecule has 0 spiro atoms. The highest BCUT2D eigenvalue weighted by Crippen LogP contribution is 2.44. The van der Waals surface area contributed by atoms with E-state index in [1.807, 2.05) is 6.07 Å². The Morgan fingerprint density at radius 2 is 2.25 bits per heavy atom. The molecule has 3 heteroatoms. The van der Waals surface area contributed by atoms with Gasteiger partial charge in [-0.05, 0) is 30.5 Å². The lowest BCUT2D eigenvalue weighted by atomic mass is 9.65. The van der Waals surface area contributed by atoms with Gasteiger partial charge in [0.05, 0.1) is 18.2 Å². The maximum atomic E-state index is 13.9. The van der Waals surface area contributed by atoms with Gasteiger partial charge in [-0.3, -0.25) is 0 Å². The van der Waals surface area contributed by atoms with Crippen LogP contribution in [0.1, 0.15) is 30.4 Å². The number of halogens is 1. The van der Waals surface area contributed by atoms with Crippen molar-refractivity contribution in [3.63, 3.8) is 0 Å². The highest BCUT2D eigenvalue weighted by Gasteiger charge is 2.40. The van der Waals surface area contributed by atoms with Crippen LogP contribution in [0.4, 0.5) is 4.39 Å². The minimum atomic E-state index is -0.282. The van der Waals surface area contributed by atoms with E-state index in [1.165, 1.54) is 6.07 Å². The molecule has 16 heavy (non-hydrogen) atoms. The zero-order chi connectivity index (χ0) is 11.6. The predicted molar refractivity (Wildman–Crippen MR) is 58.5 cm³/mol. The number of benzene rings is 1. The van der Waals surface area contributed by atoms with Crippen LogP contribution in [0.15, 0.2) is 18.2 Å². The van der Waals surface area contributed by atoms with E-state index in [0.717, 1.165) is 19.3 Å². The summed E-state index contributed by atoms with van der Waals surface area (Å²) in [6, 6.07) is 6.66. The Morgan fingerprint density at radius 1 is 1.50 bits per heavy atom. The molecule has 2 rings (SSSR count). The van der Waals surface area contributed by atoms with E-state index in [-0.39, 0.29) is 11.2 Å². The highest BCUT2D eigenvalue weighted by molar-refractivity contribution is 5.37. The van der Waals surface area contributed by atoms with Crippen LogP contribution in [0.2, 0.25) is 0 Å². The molecule has 0 aromatic heterocycles. The second-order valence-electron chi connectivity index (χ2n) is 4.37. The van der Waals surface area contributed by atoms with Crippen molar-refractivity contribution < 1.29 is 9.13 Å². The van der Waals surface area contributed by atoms with E-state index in [0.29, 0.717) is 17.7 Å². The van der Waals surface area contributed by atoms with Gasteiger partial charge in [0.15, 0.2) is 0 Å². The molecule has 0 bridgehead atoms. The molecule has 0 N–H and O–H groups in total. The average Bonchev–Trinajstić information content (AvgIpc) is 2.24. The standard InChI is InChI=1S/C13H14FNO/c1-16-9-13(5-2-6-13)11-4-3-10(8-15)7-12(11)14/h3-4,7H,2,5-6,9H2,1H3. The molecule has 1 aromatic rings. The SMILES string of the molecule is COCC1(c2ccc(C#N)cc2F)CCC1. The molecule has 1 aromatic carbocycles. The summed E-state index contributed by atoms with van der Waals surface area (Å²) in [6.45, 7) is 0.551. The van der Waals surface area contributed by atoms with Gasteiger partial charge in [-0.1, -0.05) is 12.5 Å². The monoisotopic (exact) mass is 219 g/mol. The first-order valence-corrected chi connectivity index (χ1v) is 5.41. The fraction of sp³-hybridized carbons (Fsp3) is 0.462. The number of methoxy groups -OCH3 is 1. The summed E-state index contributed by atoms with van der Waals surface area (Å²) in [4.78, 5) is 0. The number of rotatable bonds is 3. The lowest BCUT2D eigenvalue weighted by molar-refractivity contribution is 0.0767. The van der Waals surface area contributed by atoms with E-state index in [2.05, 4.69) is 0 Å². The third-order valence-electron chi connectivity index (χ3n) is 3.40. The molecule has 0 radical (unpaired) electrons. The Morgan fingerprint density at radius 3 is 2.69 bits per heavy atom. The molecule has 84 valence electrons. The maximum absolute atomic E-state index is 13.9. The van der Waals surface area contributed by atoms with Crippen molar-refractivity contribution >= 4 is 0 Å². The fourth-order valence-electron chi connectivity index (χ4n) is 2.39. The molecule has 0 heterocycles. The second kappa shape index (κ2) is 4.23. The highest BCUT2D eigenvalue weighted by atomic mass is 19.1. The topological polar surface area (TPSA) is 33.0 Å². The summed E-state index contributed by atoms with van der Waals surface area (Å²) in [5.74, 6) is -0.282. The van der Waals surface area contributed by atoms with Crippen LogP contribution >= 0.6 is 0 Å². The fourth-order valence-corrected chi connectivity index (χ4v) is 2.39. The normalized spacial score (nSPS) is 17.6. The van der Waals surface area contributed by atoms with Gasteiger partial charge in [-0.25, -0.2) is 4.39 Å². The molecule has 2 nitrogen and oxygen atoms in total. The van der Waals surface area contributed by atoms with Crippen molar-refractivity contribution in [1.82, 2.24) is 0 Å². The van der Waals surface area contributed by atoms with Gasteiger partial charge < -0.3 is 4.74 Å². The summed E-state index contributed by atoms with van der Waals surface area (Å²) >= 11 is 0. The van der Waals surface area contributed by atoms with Crippen LogP contribution in [0, 0.1) is 17.1 Å². The first-order chi connectivity index (χ1) is 7.72. The Balaban J connectivity index is 2.36. The Labute approximate surface area is 94.7 Å². The molecular formula is C13H14FNO. The van der Waals surface area contributed by atoms with Crippen LogP contribution in [0.25, 0.3) is 0 Å². The number of nitrogens with zero attached hydrogens (tertiary/aromatic N) is 1. The first-order valence-electron chi connectivity index (χ1n) is 5.41. The smallest absolute Gasteiger partial charge is 0.128 e. The Bertz CT molecular complexity index is 432. The Hall–Kier alpha value is -1.40. The molecule has 0 atom stereocenters. The molecule has 1 fully saturated rings. The summed E-state index contributed by atoms with van der Waals surface area (Å²) in [7, 11) is 1.64. The van der Waals surface area contributed by atoms with Crippen molar-refractivity contribution in [3.8, 4) is 6.07 Å². The zero-order valence-corrected chi connectivity index (χ0v) is 9.29. The van der Waals surface area contributed by atoms with Gasteiger partial charge in [0.25, 0.3) is 0 Å². The van der Waals surface area contributed by atoms with Crippen molar-refractivity contribution in [2.45, 2.75) is 24.7 Å². The van der Waals surface area contributed by atoms with Gasteiger partial charge in [-0.2, -0.15) is 5.26 Å². The van der Waals surface area contributed by atoms with Crippen molar-refractivity contribution in [3.05, 3.63) is 35.1 Å². The lowest BCUT2D eigenvalue weighted by Gasteiger charge is -2.42. The van der Waals surface area contributed by atoms with Crippen LogP contribution in [-0.4, -0.2) is 13.7 Å². The maximum Gasteiger partial charge on any atom is 0.128 e. The van der Waals surface area contributed by atoms with E-state index >= 15 is 0 Å². The molecule has 0 aliphatic heterocycles. The first kappa shape index (κ1) is 11.1. The number of ether oxygens (including phenoxy) is 1. The van der Waals surface area contributed by atoms with Gasteiger partial charge in [-0.15, -0.1) is 0 Å². The van der Waals surface area contributed by atoms with E-state index in [9.17, 15) is 4.39 Å². The Kier molecular flexibility index (Phi) is 2.93. The number of hydrogen-bond donors (Lipinski definition) is 0. The molecular weight excluding hydrogens is 205 g/mol. The zero-order valence-electron chi connectivity index (χ0n) is 9.29. The van der Waals surface area contributed by atoms with E-state index in [4.69, 9.17) is 10.00 Å². The lowest BCUT2D eigenvalue weighted by Crippen LogP contribution is -2.39. The largest absolute Gasteiger partial charge is 0.384 e. The predicted octanol–water partition coefficient (Wildman–Crippen LogP) is 2.77. The van der Waals surface area contributed by atoms with Gasteiger partial charge >= 0.3 is 0 Å². The number of hydrogen-bond acceptors (Lipinski definition) is 2. The summed E-state index contributed by atoms with van der Waals surface area (Å²) in [5, 5.41) is 8.69. The minimum Gasteiger partial charge on any atom is -0.384 e. The molecule has 0 amide bonds. The van der Waals surface area contributed by atoms with E-state index in [1.54, 1.807) is 19.2 Å². The van der Waals surface area contributed by atoms with Crippen molar-refractivity contribution in [1.29, 1.82) is 5.26 Å². The van der Waals surface area contributed by atoms with Crippen LogP contribution in [0.5, 0.6) is 0 Å². The average molecular weight is 219 g/mol. The van der Waals surface area contributed by atoms with Crippen molar-refractivity contribution in [2.75, 3.05) is 13.7 Å². The summed E-state index contributed by atoms with van der Waals surface area (Å²) in [6.07, 6.45) is 3.04. The molecule has 1 aliphatic rings. The summed E-state index contributed by atoms with van der Waals surface area (Å²) < 4.78 is 19.1. The minimum absolute atomic E-state index is 0.160. The second-order valence-corrected chi connectivity index (χ2v) is 4.37. The van der Waals surface area contributed by atoms with Gasteiger partial charge in [0.1, 0.15) is 5.82 Å². The van der Waals surface area contributed by atoms with Gasteiger partial charge in [0.2, 0.25) is 0 Å². The van der Waals surface area contributed by atoms with Crippen LogP contribution in [-0.2, 0) is 10.2 Å². The van der Waals surface area contributed by atoms with Crippen LogP contribution < -0.4 is 0 Å².